The molecule has 0 aliphatic rings. The SMILES string of the molecule is C=CC[C@H](CS(=O)(=O)c1ncccn1)c1ccccc1. The summed E-state index contributed by atoms with van der Waals surface area (Å²) < 4.78 is 24.7. The fourth-order valence-electron chi connectivity index (χ4n) is 2.01. The lowest BCUT2D eigenvalue weighted by atomic mass is 9.98. The first-order valence-electron chi connectivity index (χ1n) is 6.29. The van der Waals surface area contributed by atoms with Gasteiger partial charge in [-0.15, -0.1) is 6.58 Å². The van der Waals surface area contributed by atoms with Gasteiger partial charge in [-0.25, -0.2) is 18.4 Å². The van der Waals surface area contributed by atoms with Gasteiger partial charge in [-0.05, 0) is 18.1 Å². The average Bonchev–Trinajstić information content (AvgIpc) is 2.48. The van der Waals surface area contributed by atoms with Crippen molar-refractivity contribution in [2.75, 3.05) is 5.75 Å². The molecule has 2 rings (SSSR count). The van der Waals surface area contributed by atoms with Crippen molar-refractivity contribution < 1.29 is 8.42 Å². The van der Waals surface area contributed by atoms with Crippen LogP contribution in [0.2, 0.25) is 0 Å². The van der Waals surface area contributed by atoms with E-state index in [1.165, 1.54) is 12.4 Å². The fraction of sp³-hybridized carbons (Fsp3) is 0.200. The molecule has 0 bridgehead atoms. The molecule has 0 saturated carbocycles. The van der Waals surface area contributed by atoms with Gasteiger partial charge < -0.3 is 0 Å². The number of benzene rings is 1. The Balaban J connectivity index is 2.27. The number of sulfone groups is 1. The second-order valence-corrected chi connectivity index (χ2v) is 6.37. The number of rotatable bonds is 6. The van der Waals surface area contributed by atoms with Crippen molar-refractivity contribution in [2.24, 2.45) is 0 Å². The lowest BCUT2D eigenvalue weighted by molar-refractivity contribution is 0.578. The van der Waals surface area contributed by atoms with E-state index in [0.717, 1.165) is 5.56 Å². The van der Waals surface area contributed by atoms with Crippen molar-refractivity contribution >= 4 is 9.84 Å². The molecule has 1 aromatic carbocycles. The van der Waals surface area contributed by atoms with E-state index in [4.69, 9.17) is 0 Å². The predicted octanol–water partition coefficient (Wildman–Crippen LogP) is 2.61. The van der Waals surface area contributed by atoms with E-state index >= 15 is 0 Å². The van der Waals surface area contributed by atoms with Crippen molar-refractivity contribution in [3.8, 4) is 0 Å². The van der Waals surface area contributed by atoms with Gasteiger partial charge in [0.1, 0.15) is 0 Å². The maximum absolute atomic E-state index is 12.3. The van der Waals surface area contributed by atoms with Crippen LogP contribution in [0.3, 0.4) is 0 Å². The molecule has 1 heterocycles. The predicted molar refractivity (Wildman–Crippen MR) is 78.1 cm³/mol. The molecule has 0 saturated heterocycles. The molecule has 104 valence electrons. The molecule has 0 unspecified atom stereocenters. The van der Waals surface area contributed by atoms with Gasteiger partial charge in [0, 0.05) is 18.3 Å². The van der Waals surface area contributed by atoms with E-state index in [2.05, 4.69) is 16.5 Å². The zero-order chi connectivity index (χ0) is 14.4. The van der Waals surface area contributed by atoms with Crippen LogP contribution in [0.5, 0.6) is 0 Å². The third-order valence-corrected chi connectivity index (χ3v) is 4.57. The molecule has 0 N–H and O–H groups in total. The number of aromatic nitrogens is 2. The van der Waals surface area contributed by atoms with Crippen molar-refractivity contribution in [2.45, 2.75) is 17.5 Å². The molecule has 1 aromatic heterocycles. The standard InChI is InChI=1S/C15H16N2O2S/c1-2-7-14(13-8-4-3-5-9-13)12-20(18,19)15-16-10-6-11-17-15/h2-6,8-11,14H,1,7,12H2/t14-/m1/s1. The highest BCUT2D eigenvalue weighted by atomic mass is 32.2. The van der Waals surface area contributed by atoms with E-state index in [-0.39, 0.29) is 16.8 Å². The Labute approximate surface area is 119 Å². The summed E-state index contributed by atoms with van der Waals surface area (Å²) in [5.74, 6) is -0.157. The van der Waals surface area contributed by atoms with E-state index in [1.807, 2.05) is 30.3 Å². The van der Waals surface area contributed by atoms with Crippen LogP contribution in [0.1, 0.15) is 17.9 Å². The Bertz CT molecular complexity index is 655. The first-order chi connectivity index (χ1) is 9.63. The summed E-state index contributed by atoms with van der Waals surface area (Å²) >= 11 is 0. The maximum atomic E-state index is 12.3. The highest BCUT2D eigenvalue weighted by Gasteiger charge is 2.23. The van der Waals surface area contributed by atoms with Gasteiger partial charge in [0.2, 0.25) is 15.0 Å². The summed E-state index contributed by atoms with van der Waals surface area (Å²) in [5.41, 5.74) is 0.979. The van der Waals surface area contributed by atoms with Crippen LogP contribution in [-0.4, -0.2) is 24.1 Å². The van der Waals surface area contributed by atoms with Crippen molar-refractivity contribution in [3.05, 3.63) is 67.0 Å². The topological polar surface area (TPSA) is 59.9 Å². The van der Waals surface area contributed by atoms with Crippen LogP contribution in [0.25, 0.3) is 0 Å². The van der Waals surface area contributed by atoms with Crippen LogP contribution in [0.15, 0.2) is 66.6 Å². The van der Waals surface area contributed by atoms with Crippen LogP contribution < -0.4 is 0 Å². The third kappa shape index (κ3) is 3.51. The average molecular weight is 288 g/mol. The fourth-order valence-corrected chi connectivity index (χ4v) is 3.46. The van der Waals surface area contributed by atoms with Crippen molar-refractivity contribution in [3.63, 3.8) is 0 Å². The number of allylic oxidation sites excluding steroid dienone is 1. The molecule has 20 heavy (non-hydrogen) atoms. The molecule has 0 aliphatic heterocycles. The molecule has 0 radical (unpaired) electrons. The molecule has 0 fully saturated rings. The summed E-state index contributed by atoms with van der Waals surface area (Å²) in [6.07, 6.45) is 5.20. The lowest BCUT2D eigenvalue weighted by Gasteiger charge is -2.15. The van der Waals surface area contributed by atoms with Gasteiger partial charge >= 0.3 is 0 Å². The molecule has 4 nitrogen and oxygen atoms in total. The molecule has 0 amide bonds. The monoisotopic (exact) mass is 288 g/mol. The first kappa shape index (κ1) is 14.4. The Morgan fingerprint density at radius 2 is 1.75 bits per heavy atom. The summed E-state index contributed by atoms with van der Waals surface area (Å²) in [7, 11) is -3.50. The summed E-state index contributed by atoms with van der Waals surface area (Å²) in [5, 5.41) is -0.120. The van der Waals surface area contributed by atoms with E-state index in [0.29, 0.717) is 6.42 Å². The quantitative estimate of drug-likeness (QED) is 0.605. The smallest absolute Gasteiger partial charge is 0.227 e. The van der Waals surface area contributed by atoms with Gasteiger partial charge in [0.05, 0.1) is 5.75 Å². The molecular weight excluding hydrogens is 272 g/mol. The van der Waals surface area contributed by atoms with Gasteiger partial charge in [-0.1, -0.05) is 36.4 Å². The summed E-state index contributed by atoms with van der Waals surface area (Å²) in [6, 6.07) is 11.2. The van der Waals surface area contributed by atoms with Gasteiger partial charge in [0.25, 0.3) is 0 Å². The zero-order valence-electron chi connectivity index (χ0n) is 11.0. The number of nitrogens with zero attached hydrogens (tertiary/aromatic N) is 2. The van der Waals surface area contributed by atoms with Gasteiger partial charge in [-0.3, -0.25) is 0 Å². The summed E-state index contributed by atoms with van der Waals surface area (Å²) in [6.45, 7) is 3.70. The lowest BCUT2D eigenvalue weighted by Crippen LogP contribution is -2.17. The molecular formula is C15H16N2O2S. The molecule has 1 atom stereocenters. The Morgan fingerprint density at radius 1 is 1.10 bits per heavy atom. The highest BCUT2D eigenvalue weighted by molar-refractivity contribution is 7.91. The van der Waals surface area contributed by atoms with Crippen molar-refractivity contribution in [1.29, 1.82) is 0 Å². The normalized spacial score (nSPS) is 12.8. The Kier molecular flexibility index (Phi) is 4.63. The first-order valence-corrected chi connectivity index (χ1v) is 7.94. The van der Waals surface area contributed by atoms with Crippen LogP contribution >= 0.6 is 0 Å². The van der Waals surface area contributed by atoms with Crippen LogP contribution in [0, 0.1) is 0 Å². The van der Waals surface area contributed by atoms with Crippen molar-refractivity contribution in [1.82, 2.24) is 9.97 Å². The highest BCUT2D eigenvalue weighted by Crippen LogP contribution is 2.23. The number of hydrogen-bond donors (Lipinski definition) is 0. The molecule has 0 aliphatic carbocycles. The minimum absolute atomic E-state index is 0.0208. The van der Waals surface area contributed by atoms with Crippen LogP contribution in [-0.2, 0) is 9.84 Å². The Morgan fingerprint density at radius 3 is 2.35 bits per heavy atom. The second-order valence-electron chi connectivity index (χ2n) is 4.44. The zero-order valence-corrected chi connectivity index (χ0v) is 11.8. The van der Waals surface area contributed by atoms with E-state index < -0.39 is 9.84 Å². The summed E-state index contributed by atoms with van der Waals surface area (Å²) in [4.78, 5) is 7.66. The molecule has 5 heteroatoms. The minimum Gasteiger partial charge on any atom is -0.227 e. The van der Waals surface area contributed by atoms with Crippen LogP contribution in [0.4, 0.5) is 0 Å². The minimum atomic E-state index is -3.50. The largest absolute Gasteiger partial charge is 0.247 e. The van der Waals surface area contributed by atoms with E-state index in [9.17, 15) is 8.42 Å². The third-order valence-electron chi connectivity index (χ3n) is 2.96. The Hall–Kier alpha value is -2.01. The van der Waals surface area contributed by atoms with Gasteiger partial charge in [0.15, 0.2) is 0 Å². The number of hydrogen-bond acceptors (Lipinski definition) is 4. The molecule has 0 spiro atoms. The van der Waals surface area contributed by atoms with E-state index in [1.54, 1.807) is 12.1 Å². The second kappa shape index (κ2) is 6.43. The molecule has 2 aromatic rings. The maximum Gasteiger partial charge on any atom is 0.247 e. The van der Waals surface area contributed by atoms with Gasteiger partial charge in [-0.2, -0.15) is 0 Å².